The Bertz CT molecular complexity index is 742. The van der Waals surface area contributed by atoms with Crippen LogP contribution in [0.15, 0.2) is 28.8 Å². The molecule has 92 valence electrons. The maximum atomic E-state index is 14.4. The van der Waals surface area contributed by atoms with E-state index in [0.717, 1.165) is 11.2 Å². The molecule has 0 aliphatic heterocycles. The van der Waals surface area contributed by atoms with Crippen LogP contribution in [-0.4, -0.2) is 9.72 Å². The van der Waals surface area contributed by atoms with E-state index >= 15 is 0 Å². The van der Waals surface area contributed by atoms with Crippen molar-refractivity contribution in [2.75, 3.05) is 5.73 Å². The van der Waals surface area contributed by atoms with Gasteiger partial charge in [-0.2, -0.15) is 0 Å². The lowest BCUT2D eigenvalue weighted by Crippen LogP contribution is -1.90. The quantitative estimate of drug-likeness (QED) is 0.717. The van der Waals surface area contributed by atoms with E-state index in [4.69, 9.17) is 10.3 Å². The number of anilines is 1. The smallest absolute Gasteiger partial charge is 0.172 e. The average molecular weight is 245 g/mol. The van der Waals surface area contributed by atoms with Gasteiger partial charge in [0.25, 0.3) is 0 Å². The van der Waals surface area contributed by atoms with E-state index in [-0.39, 0.29) is 11.6 Å². The van der Waals surface area contributed by atoms with E-state index in [0.29, 0.717) is 16.7 Å². The second kappa shape index (κ2) is 3.60. The molecule has 0 aliphatic rings. The van der Waals surface area contributed by atoms with E-state index in [9.17, 15) is 4.39 Å². The first-order valence-corrected chi connectivity index (χ1v) is 5.55. The third kappa shape index (κ3) is 1.40. The predicted octanol–water partition coefficient (Wildman–Crippen LogP) is 2.86. The van der Waals surface area contributed by atoms with Gasteiger partial charge in [0.05, 0.1) is 11.1 Å². The van der Waals surface area contributed by atoms with E-state index < -0.39 is 0 Å². The van der Waals surface area contributed by atoms with Crippen LogP contribution in [0.3, 0.4) is 0 Å². The third-order valence-corrected chi connectivity index (χ3v) is 3.19. The molecule has 2 heterocycles. The van der Waals surface area contributed by atoms with Crippen LogP contribution >= 0.6 is 0 Å². The number of hydrogen-bond donors (Lipinski definition) is 1. The molecule has 3 aromatic rings. The summed E-state index contributed by atoms with van der Waals surface area (Å²) >= 11 is 0. The SMILES string of the molecule is Cc1cc2c(F)c(-c3cc(N)no3)ccc2n1C. The van der Waals surface area contributed by atoms with Gasteiger partial charge < -0.3 is 14.8 Å². The highest BCUT2D eigenvalue weighted by Gasteiger charge is 2.15. The monoisotopic (exact) mass is 245 g/mol. The van der Waals surface area contributed by atoms with E-state index in [2.05, 4.69) is 5.16 Å². The van der Waals surface area contributed by atoms with Crippen molar-refractivity contribution in [3.63, 3.8) is 0 Å². The van der Waals surface area contributed by atoms with Crippen molar-refractivity contribution >= 4 is 16.7 Å². The maximum absolute atomic E-state index is 14.4. The summed E-state index contributed by atoms with van der Waals surface area (Å²) in [6.07, 6.45) is 0. The average Bonchev–Trinajstić information content (AvgIpc) is 2.87. The first kappa shape index (κ1) is 10.8. The molecule has 0 unspecified atom stereocenters. The van der Waals surface area contributed by atoms with Crippen molar-refractivity contribution in [1.82, 2.24) is 9.72 Å². The molecule has 3 rings (SSSR count). The molecule has 0 atom stereocenters. The first-order chi connectivity index (χ1) is 8.58. The fourth-order valence-electron chi connectivity index (χ4n) is 2.11. The maximum Gasteiger partial charge on any atom is 0.172 e. The zero-order valence-corrected chi connectivity index (χ0v) is 10.1. The number of aromatic nitrogens is 2. The lowest BCUT2D eigenvalue weighted by atomic mass is 10.1. The lowest BCUT2D eigenvalue weighted by Gasteiger charge is -2.02. The Balaban J connectivity index is 2.29. The fraction of sp³-hybridized carbons (Fsp3) is 0.154. The number of halogens is 1. The number of nitrogens with two attached hydrogens (primary N) is 1. The van der Waals surface area contributed by atoms with E-state index in [1.807, 2.05) is 30.7 Å². The summed E-state index contributed by atoms with van der Waals surface area (Å²) < 4.78 is 21.4. The standard InChI is InChI=1S/C13H12FN3O/c1-7-5-9-10(17(7)2)4-3-8(13(9)14)11-6-12(15)16-18-11/h3-6H,1-2H3,(H2,15,16). The molecule has 4 nitrogen and oxygen atoms in total. The predicted molar refractivity (Wildman–Crippen MR) is 67.5 cm³/mol. The van der Waals surface area contributed by atoms with Crippen LogP contribution in [0, 0.1) is 12.7 Å². The molecule has 0 saturated heterocycles. The fourth-order valence-corrected chi connectivity index (χ4v) is 2.11. The van der Waals surface area contributed by atoms with Crippen molar-refractivity contribution < 1.29 is 8.91 Å². The highest BCUT2D eigenvalue weighted by molar-refractivity contribution is 5.86. The van der Waals surface area contributed by atoms with Crippen LogP contribution in [0.25, 0.3) is 22.2 Å². The molecule has 18 heavy (non-hydrogen) atoms. The Kier molecular flexibility index (Phi) is 2.16. The molecule has 2 N–H and O–H groups in total. The number of rotatable bonds is 1. The second-order valence-corrected chi connectivity index (χ2v) is 4.32. The Morgan fingerprint density at radius 2 is 2.11 bits per heavy atom. The molecule has 0 fully saturated rings. The molecule has 0 spiro atoms. The van der Waals surface area contributed by atoms with Crippen LogP contribution in [0.4, 0.5) is 10.2 Å². The summed E-state index contributed by atoms with van der Waals surface area (Å²) in [4.78, 5) is 0. The summed E-state index contributed by atoms with van der Waals surface area (Å²) in [6.45, 7) is 1.94. The third-order valence-electron chi connectivity index (χ3n) is 3.19. The van der Waals surface area contributed by atoms with Crippen molar-refractivity contribution in [1.29, 1.82) is 0 Å². The number of fused-ring (bicyclic) bond motifs is 1. The largest absolute Gasteiger partial charge is 0.381 e. The van der Waals surface area contributed by atoms with Crippen LogP contribution in [0.2, 0.25) is 0 Å². The molecular formula is C13H12FN3O. The summed E-state index contributed by atoms with van der Waals surface area (Å²) in [5, 5.41) is 4.14. The van der Waals surface area contributed by atoms with Crippen molar-refractivity contribution in [2.45, 2.75) is 6.92 Å². The number of benzene rings is 1. The number of hydrogen-bond acceptors (Lipinski definition) is 3. The van der Waals surface area contributed by atoms with Crippen molar-refractivity contribution in [3.05, 3.63) is 35.8 Å². The molecule has 0 bridgehead atoms. The van der Waals surface area contributed by atoms with Crippen LogP contribution in [0.1, 0.15) is 5.69 Å². The minimum Gasteiger partial charge on any atom is -0.381 e. The number of aryl methyl sites for hydroxylation is 2. The highest BCUT2D eigenvalue weighted by Crippen LogP contribution is 2.31. The zero-order chi connectivity index (χ0) is 12.9. The van der Waals surface area contributed by atoms with Gasteiger partial charge in [-0.25, -0.2) is 4.39 Å². The number of nitrogen functional groups attached to an aromatic ring is 1. The Morgan fingerprint density at radius 1 is 1.33 bits per heavy atom. The first-order valence-electron chi connectivity index (χ1n) is 5.55. The molecule has 0 amide bonds. The Hall–Kier alpha value is -2.30. The molecule has 0 aliphatic carbocycles. The molecule has 1 aromatic carbocycles. The lowest BCUT2D eigenvalue weighted by molar-refractivity contribution is 0.433. The number of nitrogens with zero attached hydrogens (tertiary/aromatic N) is 2. The van der Waals surface area contributed by atoms with Gasteiger partial charge in [-0.3, -0.25) is 0 Å². The van der Waals surface area contributed by atoms with Crippen LogP contribution in [-0.2, 0) is 7.05 Å². The van der Waals surface area contributed by atoms with E-state index in [1.165, 1.54) is 6.07 Å². The molecule has 5 heteroatoms. The van der Waals surface area contributed by atoms with Gasteiger partial charge in [0.2, 0.25) is 0 Å². The summed E-state index contributed by atoms with van der Waals surface area (Å²) in [5.74, 6) is 0.273. The highest BCUT2D eigenvalue weighted by atomic mass is 19.1. The topological polar surface area (TPSA) is 57.0 Å². The van der Waals surface area contributed by atoms with Gasteiger partial charge in [-0.05, 0) is 25.1 Å². The van der Waals surface area contributed by atoms with Crippen molar-refractivity contribution in [3.8, 4) is 11.3 Å². The molecular weight excluding hydrogens is 233 g/mol. The second-order valence-electron chi connectivity index (χ2n) is 4.32. The van der Waals surface area contributed by atoms with Crippen LogP contribution < -0.4 is 5.73 Å². The van der Waals surface area contributed by atoms with Gasteiger partial charge in [0.15, 0.2) is 11.6 Å². The Morgan fingerprint density at radius 3 is 2.78 bits per heavy atom. The molecule has 2 aromatic heterocycles. The van der Waals surface area contributed by atoms with Crippen molar-refractivity contribution in [2.24, 2.45) is 7.05 Å². The minimum absolute atomic E-state index is 0.244. The zero-order valence-electron chi connectivity index (χ0n) is 10.1. The van der Waals surface area contributed by atoms with Gasteiger partial charge >= 0.3 is 0 Å². The van der Waals surface area contributed by atoms with Gasteiger partial charge in [0, 0.05) is 24.2 Å². The molecule has 0 saturated carbocycles. The summed E-state index contributed by atoms with van der Waals surface area (Å²) in [5.41, 5.74) is 7.69. The summed E-state index contributed by atoms with van der Waals surface area (Å²) in [6, 6.07) is 6.87. The minimum atomic E-state index is -0.313. The van der Waals surface area contributed by atoms with Gasteiger partial charge in [0.1, 0.15) is 5.82 Å². The molecule has 0 radical (unpaired) electrons. The van der Waals surface area contributed by atoms with Gasteiger partial charge in [-0.15, -0.1) is 0 Å². The van der Waals surface area contributed by atoms with E-state index in [1.54, 1.807) is 6.07 Å². The summed E-state index contributed by atoms with van der Waals surface area (Å²) in [7, 11) is 1.91. The normalized spacial score (nSPS) is 11.3. The van der Waals surface area contributed by atoms with Crippen LogP contribution in [0.5, 0.6) is 0 Å². The van der Waals surface area contributed by atoms with Gasteiger partial charge in [-0.1, -0.05) is 5.16 Å². The Labute approximate surface area is 103 Å².